The predicted molar refractivity (Wildman–Crippen MR) is 124 cm³/mol. The third-order valence-corrected chi connectivity index (χ3v) is 3.88. The van der Waals surface area contributed by atoms with Crippen LogP contribution in [0.1, 0.15) is 18.4 Å². The Labute approximate surface area is 191 Å². The molecule has 10 heteroatoms. The molecule has 0 unspecified atom stereocenters. The van der Waals surface area contributed by atoms with E-state index in [1.165, 1.54) is 12.1 Å². The van der Waals surface area contributed by atoms with Gasteiger partial charge < -0.3 is 20.7 Å². The van der Waals surface area contributed by atoms with E-state index in [0.717, 1.165) is 37.3 Å². The quantitative estimate of drug-likeness (QED) is 0.184. The van der Waals surface area contributed by atoms with Gasteiger partial charge in [-0.05, 0) is 42.7 Å². The molecule has 0 saturated carbocycles. The minimum absolute atomic E-state index is 0. The molecule has 0 spiro atoms. The van der Waals surface area contributed by atoms with Crippen LogP contribution in [0.15, 0.2) is 53.7 Å². The molecule has 1 heterocycles. The van der Waals surface area contributed by atoms with Crippen LogP contribution in [0.5, 0.6) is 5.75 Å². The average molecular weight is 537 g/mol. The van der Waals surface area contributed by atoms with Gasteiger partial charge in [-0.3, -0.25) is 4.99 Å². The van der Waals surface area contributed by atoms with Crippen molar-refractivity contribution in [1.29, 1.82) is 0 Å². The van der Waals surface area contributed by atoms with Crippen LogP contribution in [0.2, 0.25) is 0 Å². The number of ether oxygens (including phenoxy) is 1. The number of benzene rings is 1. The molecule has 0 aliphatic heterocycles. The Morgan fingerprint density at radius 2 is 1.77 bits per heavy atom. The molecule has 30 heavy (non-hydrogen) atoms. The fourth-order valence-electron chi connectivity index (χ4n) is 2.42. The maximum atomic E-state index is 12.2. The van der Waals surface area contributed by atoms with Crippen molar-refractivity contribution in [2.75, 3.05) is 32.1 Å². The molecule has 0 radical (unpaired) electrons. The van der Waals surface area contributed by atoms with E-state index in [0.29, 0.717) is 12.5 Å². The van der Waals surface area contributed by atoms with E-state index in [2.05, 4.69) is 25.9 Å². The molecular weight excluding hydrogens is 510 g/mol. The van der Waals surface area contributed by atoms with Gasteiger partial charge in [0.2, 0.25) is 0 Å². The van der Waals surface area contributed by atoms with Gasteiger partial charge in [0.1, 0.15) is 11.6 Å². The first-order chi connectivity index (χ1) is 14.0. The van der Waals surface area contributed by atoms with Gasteiger partial charge in [-0.25, -0.2) is 4.98 Å². The number of hydrogen-bond donors (Lipinski definition) is 3. The number of nitrogens with one attached hydrogen (secondary N) is 3. The largest absolute Gasteiger partial charge is 0.484 e. The third kappa shape index (κ3) is 11.1. The van der Waals surface area contributed by atoms with E-state index in [1.807, 2.05) is 18.2 Å². The molecule has 3 N–H and O–H groups in total. The van der Waals surface area contributed by atoms with Crippen molar-refractivity contribution in [3.05, 3.63) is 54.2 Å². The molecule has 2 rings (SSSR count). The number of aromatic nitrogens is 1. The third-order valence-electron chi connectivity index (χ3n) is 3.88. The molecule has 166 valence electrons. The molecule has 0 amide bonds. The monoisotopic (exact) mass is 537 g/mol. The standard InChI is InChI=1S/C20H26F3N5O.HI/c1-24-19(27-13-5-4-12-26-18-6-2-3-11-25-18)28-14-16-7-9-17(10-8-16)29-15-20(21,22)23;/h2-3,6-11H,4-5,12-15H2,1H3,(H,25,26)(H2,24,27,28);1H. The van der Waals surface area contributed by atoms with Crippen LogP contribution in [-0.4, -0.2) is 43.9 Å². The van der Waals surface area contributed by atoms with Crippen molar-refractivity contribution in [2.45, 2.75) is 25.6 Å². The van der Waals surface area contributed by atoms with Crippen molar-refractivity contribution < 1.29 is 17.9 Å². The number of rotatable bonds is 10. The molecule has 0 aliphatic rings. The summed E-state index contributed by atoms with van der Waals surface area (Å²) in [5, 5.41) is 9.66. The minimum Gasteiger partial charge on any atom is -0.484 e. The smallest absolute Gasteiger partial charge is 0.422 e. The second kappa shape index (κ2) is 13.9. The first kappa shape index (κ1) is 25.8. The Kier molecular flexibility index (Phi) is 11.9. The highest BCUT2D eigenvalue weighted by Crippen LogP contribution is 2.18. The highest BCUT2D eigenvalue weighted by molar-refractivity contribution is 14.0. The predicted octanol–water partition coefficient (Wildman–Crippen LogP) is 4.20. The zero-order chi connectivity index (χ0) is 21.0. The number of guanidine groups is 1. The SMILES string of the molecule is CN=C(NCCCCNc1ccccn1)NCc1ccc(OCC(F)(F)F)cc1.I. The molecule has 0 atom stereocenters. The molecule has 2 aromatic rings. The minimum atomic E-state index is -4.34. The summed E-state index contributed by atoms with van der Waals surface area (Å²) in [5.41, 5.74) is 0.909. The van der Waals surface area contributed by atoms with Gasteiger partial charge in [-0.15, -0.1) is 24.0 Å². The molecular formula is C20H27F3IN5O. The molecule has 0 fully saturated rings. The average Bonchev–Trinajstić information content (AvgIpc) is 2.72. The summed E-state index contributed by atoms with van der Waals surface area (Å²) < 4.78 is 41.2. The van der Waals surface area contributed by atoms with Crippen molar-refractivity contribution in [2.24, 2.45) is 4.99 Å². The van der Waals surface area contributed by atoms with E-state index in [1.54, 1.807) is 25.4 Å². The topological polar surface area (TPSA) is 70.6 Å². The fourth-order valence-corrected chi connectivity index (χ4v) is 2.42. The number of nitrogens with zero attached hydrogens (tertiary/aromatic N) is 2. The number of aliphatic imine (C=N–C) groups is 1. The Bertz CT molecular complexity index is 742. The van der Waals surface area contributed by atoms with Gasteiger partial charge in [0.25, 0.3) is 0 Å². The fraction of sp³-hybridized carbons (Fsp3) is 0.400. The van der Waals surface area contributed by atoms with E-state index >= 15 is 0 Å². The van der Waals surface area contributed by atoms with Gasteiger partial charge in [0.15, 0.2) is 12.6 Å². The van der Waals surface area contributed by atoms with Crippen LogP contribution in [0.3, 0.4) is 0 Å². The van der Waals surface area contributed by atoms with Crippen LogP contribution < -0.4 is 20.7 Å². The lowest BCUT2D eigenvalue weighted by molar-refractivity contribution is -0.153. The van der Waals surface area contributed by atoms with Gasteiger partial charge in [0, 0.05) is 32.9 Å². The summed E-state index contributed by atoms with van der Waals surface area (Å²) in [6.07, 6.45) is -0.638. The van der Waals surface area contributed by atoms with Crippen LogP contribution >= 0.6 is 24.0 Å². The highest BCUT2D eigenvalue weighted by atomic mass is 127. The van der Waals surface area contributed by atoms with E-state index in [9.17, 15) is 13.2 Å². The van der Waals surface area contributed by atoms with E-state index in [-0.39, 0.29) is 29.7 Å². The molecule has 1 aromatic heterocycles. The Morgan fingerprint density at radius 1 is 1.03 bits per heavy atom. The number of anilines is 1. The zero-order valence-electron chi connectivity index (χ0n) is 16.7. The van der Waals surface area contributed by atoms with E-state index < -0.39 is 12.8 Å². The van der Waals surface area contributed by atoms with Gasteiger partial charge in [-0.2, -0.15) is 13.2 Å². The van der Waals surface area contributed by atoms with Crippen molar-refractivity contribution in [3.63, 3.8) is 0 Å². The highest BCUT2D eigenvalue weighted by Gasteiger charge is 2.28. The van der Waals surface area contributed by atoms with Gasteiger partial charge in [-0.1, -0.05) is 18.2 Å². The van der Waals surface area contributed by atoms with Crippen molar-refractivity contribution in [3.8, 4) is 5.75 Å². The lowest BCUT2D eigenvalue weighted by Gasteiger charge is -2.13. The van der Waals surface area contributed by atoms with Crippen LogP contribution in [0, 0.1) is 0 Å². The van der Waals surface area contributed by atoms with Crippen LogP contribution in [0.25, 0.3) is 0 Å². The van der Waals surface area contributed by atoms with Crippen molar-refractivity contribution >= 4 is 35.8 Å². The first-order valence-corrected chi connectivity index (χ1v) is 9.34. The summed E-state index contributed by atoms with van der Waals surface area (Å²) in [4.78, 5) is 8.37. The summed E-state index contributed by atoms with van der Waals surface area (Å²) >= 11 is 0. The zero-order valence-corrected chi connectivity index (χ0v) is 19.0. The Hall–Kier alpha value is -2.24. The van der Waals surface area contributed by atoms with Crippen LogP contribution in [-0.2, 0) is 6.54 Å². The molecule has 0 saturated heterocycles. The summed E-state index contributed by atoms with van der Waals surface area (Å²) in [5.74, 6) is 1.72. The second-order valence-electron chi connectivity index (χ2n) is 6.25. The number of unbranched alkanes of at least 4 members (excludes halogenated alkanes) is 1. The second-order valence-corrected chi connectivity index (χ2v) is 6.25. The van der Waals surface area contributed by atoms with E-state index in [4.69, 9.17) is 4.74 Å². The Balaban J connectivity index is 0.00000450. The first-order valence-electron chi connectivity index (χ1n) is 9.34. The maximum absolute atomic E-state index is 12.2. The Morgan fingerprint density at radius 3 is 2.40 bits per heavy atom. The van der Waals surface area contributed by atoms with Gasteiger partial charge >= 0.3 is 6.18 Å². The van der Waals surface area contributed by atoms with Gasteiger partial charge in [0.05, 0.1) is 0 Å². The number of hydrogen-bond acceptors (Lipinski definition) is 4. The van der Waals surface area contributed by atoms with Crippen molar-refractivity contribution in [1.82, 2.24) is 15.6 Å². The molecule has 0 bridgehead atoms. The number of halogens is 4. The maximum Gasteiger partial charge on any atom is 0.422 e. The lowest BCUT2D eigenvalue weighted by atomic mass is 10.2. The summed E-state index contributed by atoms with van der Waals surface area (Å²) in [7, 11) is 1.69. The number of pyridine rings is 1. The summed E-state index contributed by atoms with van der Waals surface area (Å²) in [6, 6.07) is 12.2. The van der Waals surface area contributed by atoms with Crippen LogP contribution in [0.4, 0.5) is 19.0 Å². The molecule has 6 nitrogen and oxygen atoms in total. The molecule has 1 aromatic carbocycles. The summed E-state index contributed by atoms with van der Waals surface area (Å²) in [6.45, 7) is 0.820. The lowest BCUT2D eigenvalue weighted by Crippen LogP contribution is -2.37. The number of alkyl halides is 3. The molecule has 0 aliphatic carbocycles. The normalized spacial score (nSPS) is 11.4.